The third kappa shape index (κ3) is 5.38. The zero-order valence-electron chi connectivity index (χ0n) is 13.4. The molecule has 1 heterocycles. The first kappa shape index (κ1) is 17.0. The topological polar surface area (TPSA) is 58.2 Å². The van der Waals surface area contributed by atoms with E-state index in [1.165, 1.54) is 11.3 Å². The predicted octanol–water partition coefficient (Wildman–Crippen LogP) is 3.43. The monoisotopic (exact) mass is 328 g/mol. The second-order valence-electron chi connectivity index (χ2n) is 6.10. The highest BCUT2D eigenvalue weighted by Gasteiger charge is 2.19. The molecule has 1 aromatic heterocycles. The average molecular weight is 328 g/mol. The lowest BCUT2D eigenvalue weighted by molar-refractivity contribution is -0.119. The molecule has 0 unspecified atom stereocenters. The minimum atomic E-state index is -0.386. The zero-order chi connectivity index (χ0) is 16.9. The van der Waals surface area contributed by atoms with Crippen LogP contribution in [0.3, 0.4) is 0 Å². The zero-order valence-corrected chi connectivity index (χ0v) is 14.2. The highest BCUT2D eigenvalue weighted by molar-refractivity contribution is 7.10. The number of rotatable bonds is 4. The summed E-state index contributed by atoms with van der Waals surface area (Å²) in [5, 5.41) is 7.50. The molecule has 0 atom stereocenters. The summed E-state index contributed by atoms with van der Waals surface area (Å²) in [6.07, 6.45) is 1.69. The van der Waals surface area contributed by atoms with Gasteiger partial charge in [-0.2, -0.15) is 0 Å². The van der Waals surface area contributed by atoms with Crippen molar-refractivity contribution in [3.8, 4) is 0 Å². The Morgan fingerprint density at radius 1 is 1.04 bits per heavy atom. The van der Waals surface area contributed by atoms with Gasteiger partial charge in [0.1, 0.15) is 5.70 Å². The molecule has 120 valence electrons. The summed E-state index contributed by atoms with van der Waals surface area (Å²) in [4.78, 5) is 25.7. The summed E-state index contributed by atoms with van der Waals surface area (Å²) < 4.78 is 0. The van der Waals surface area contributed by atoms with Crippen LogP contribution in [0.2, 0.25) is 0 Å². The van der Waals surface area contributed by atoms with E-state index in [0.717, 1.165) is 4.88 Å². The van der Waals surface area contributed by atoms with E-state index in [1.54, 1.807) is 30.3 Å². The quantitative estimate of drug-likeness (QED) is 0.845. The summed E-state index contributed by atoms with van der Waals surface area (Å²) in [6, 6.07) is 12.6. The van der Waals surface area contributed by atoms with Crippen molar-refractivity contribution >= 4 is 29.2 Å². The minimum Gasteiger partial charge on any atom is -0.346 e. The molecule has 0 bridgehead atoms. The second-order valence-corrected chi connectivity index (χ2v) is 7.08. The van der Waals surface area contributed by atoms with Crippen molar-refractivity contribution < 1.29 is 9.59 Å². The Kier molecular flexibility index (Phi) is 5.34. The van der Waals surface area contributed by atoms with Gasteiger partial charge in [0, 0.05) is 16.0 Å². The Bertz CT molecular complexity index is 698. The Morgan fingerprint density at radius 3 is 2.30 bits per heavy atom. The van der Waals surface area contributed by atoms with Crippen molar-refractivity contribution in [2.24, 2.45) is 0 Å². The SMILES string of the molecule is CC(C)(C)NC(=O)/C(=C/c1cccs1)NC(=O)c1ccccc1. The third-order valence-corrected chi connectivity index (χ3v) is 3.67. The molecule has 5 heteroatoms. The van der Waals surface area contributed by atoms with Gasteiger partial charge in [0.25, 0.3) is 11.8 Å². The molecule has 0 spiro atoms. The van der Waals surface area contributed by atoms with Crippen molar-refractivity contribution in [2.45, 2.75) is 26.3 Å². The van der Waals surface area contributed by atoms with E-state index in [-0.39, 0.29) is 23.1 Å². The van der Waals surface area contributed by atoms with Crippen LogP contribution in [-0.2, 0) is 4.79 Å². The summed E-state index contributed by atoms with van der Waals surface area (Å²) in [6.45, 7) is 5.69. The van der Waals surface area contributed by atoms with Gasteiger partial charge >= 0.3 is 0 Å². The normalized spacial score (nSPS) is 11.9. The first-order valence-electron chi connectivity index (χ1n) is 7.29. The van der Waals surface area contributed by atoms with E-state index in [0.29, 0.717) is 5.56 Å². The van der Waals surface area contributed by atoms with Gasteiger partial charge in [-0.05, 0) is 50.4 Å². The summed E-state index contributed by atoms with van der Waals surface area (Å²) in [5.74, 6) is -0.618. The van der Waals surface area contributed by atoms with Gasteiger partial charge in [-0.15, -0.1) is 11.3 Å². The van der Waals surface area contributed by atoms with E-state index in [2.05, 4.69) is 10.6 Å². The van der Waals surface area contributed by atoms with E-state index < -0.39 is 0 Å². The van der Waals surface area contributed by atoms with Crippen molar-refractivity contribution in [1.29, 1.82) is 0 Å². The highest BCUT2D eigenvalue weighted by Crippen LogP contribution is 2.14. The van der Waals surface area contributed by atoms with Crippen LogP contribution in [0.1, 0.15) is 36.0 Å². The highest BCUT2D eigenvalue weighted by atomic mass is 32.1. The van der Waals surface area contributed by atoms with Gasteiger partial charge in [-0.3, -0.25) is 9.59 Å². The van der Waals surface area contributed by atoms with Crippen LogP contribution in [0.5, 0.6) is 0 Å². The van der Waals surface area contributed by atoms with E-state index in [1.807, 2.05) is 44.4 Å². The van der Waals surface area contributed by atoms with Crippen molar-refractivity contribution in [3.05, 3.63) is 64.0 Å². The van der Waals surface area contributed by atoms with Crippen molar-refractivity contribution in [3.63, 3.8) is 0 Å². The maximum atomic E-state index is 12.5. The van der Waals surface area contributed by atoms with E-state index >= 15 is 0 Å². The number of thiophene rings is 1. The van der Waals surface area contributed by atoms with Crippen LogP contribution in [0.4, 0.5) is 0 Å². The molecule has 2 amide bonds. The molecular formula is C18H20N2O2S. The number of amides is 2. The fraction of sp³-hybridized carbons (Fsp3) is 0.222. The number of hydrogen-bond acceptors (Lipinski definition) is 3. The number of carbonyl (C=O) groups is 2. The first-order chi connectivity index (χ1) is 10.8. The van der Waals surface area contributed by atoms with Gasteiger partial charge in [0.2, 0.25) is 0 Å². The van der Waals surface area contributed by atoms with Crippen molar-refractivity contribution in [1.82, 2.24) is 10.6 Å². The van der Waals surface area contributed by atoms with Crippen LogP contribution < -0.4 is 10.6 Å². The molecule has 23 heavy (non-hydrogen) atoms. The fourth-order valence-corrected chi connectivity index (χ4v) is 2.52. The molecule has 0 saturated heterocycles. The van der Waals surface area contributed by atoms with E-state index in [4.69, 9.17) is 0 Å². The lowest BCUT2D eigenvalue weighted by Gasteiger charge is -2.21. The second kappa shape index (κ2) is 7.24. The molecule has 0 fully saturated rings. The Labute approximate surface area is 140 Å². The largest absolute Gasteiger partial charge is 0.346 e. The third-order valence-electron chi connectivity index (χ3n) is 2.85. The van der Waals surface area contributed by atoms with Crippen LogP contribution >= 0.6 is 11.3 Å². The van der Waals surface area contributed by atoms with Crippen LogP contribution in [0.25, 0.3) is 6.08 Å². The Hall–Kier alpha value is -2.40. The standard InChI is InChI=1S/C18H20N2O2S/c1-18(2,3)20-17(22)15(12-14-10-7-11-23-14)19-16(21)13-8-5-4-6-9-13/h4-12H,1-3H3,(H,19,21)(H,20,22)/b15-12-. The summed E-state index contributed by atoms with van der Waals surface area (Å²) >= 11 is 1.50. The minimum absolute atomic E-state index is 0.233. The van der Waals surface area contributed by atoms with Gasteiger partial charge in [-0.25, -0.2) is 0 Å². The van der Waals surface area contributed by atoms with Gasteiger partial charge in [0.05, 0.1) is 0 Å². The van der Waals surface area contributed by atoms with Crippen LogP contribution in [0, 0.1) is 0 Å². The molecule has 4 nitrogen and oxygen atoms in total. The Morgan fingerprint density at radius 2 is 1.74 bits per heavy atom. The molecule has 0 radical (unpaired) electrons. The van der Waals surface area contributed by atoms with Crippen LogP contribution in [-0.4, -0.2) is 17.4 Å². The van der Waals surface area contributed by atoms with E-state index in [9.17, 15) is 9.59 Å². The smallest absolute Gasteiger partial charge is 0.268 e. The molecule has 2 rings (SSSR count). The number of hydrogen-bond donors (Lipinski definition) is 2. The molecule has 1 aromatic carbocycles. The molecular weight excluding hydrogens is 308 g/mol. The lowest BCUT2D eigenvalue weighted by atomic mass is 10.1. The molecule has 0 saturated carbocycles. The maximum absolute atomic E-state index is 12.5. The molecule has 0 aliphatic rings. The summed E-state index contributed by atoms with van der Waals surface area (Å²) in [7, 11) is 0. The van der Waals surface area contributed by atoms with Crippen LogP contribution in [0.15, 0.2) is 53.5 Å². The first-order valence-corrected chi connectivity index (χ1v) is 8.17. The molecule has 2 aromatic rings. The van der Waals surface area contributed by atoms with Gasteiger partial charge in [-0.1, -0.05) is 24.3 Å². The van der Waals surface area contributed by atoms with Gasteiger partial charge < -0.3 is 10.6 Å². The predicted molar refractivity (Wildman–Crippen MR) is 94.1 cm³/mol. The summed E-state index contributed by atoms with van der Waals surface area (Å²) in [5.41, 5.74) is 0.354. The van der Waals surface area contributed by atoms with Gasteiger partial charge in [0.15, 0.2) is 0 Å². The molecule has 0 aliphatic heterocycles. The molecule has 2 N–H and O–H groups in total. The fourth-order valence-electron chi connectivity index (χ4n) is 1.87. The number of benzene rings is 1. The number of nitrogens with one attached hydrogen (secondary N) is 2. The lowest BCUT2D eigenvalue weighted by Crippen LogP contribution is -2.44. The maximum Gasteiger partial charge on any atom is 0.268 e. The molecule has 0 aliphatic carbocycles. The van der Waals surface area contributed by atoms with Crippen molar-refractivity contribution in [2.75, 3.05) is 0 Å². The Balaban J connectivity index is 2.24. The average Bonchev–Trinajstić information content (AvgIpc) is 2.98. The number of carbonyl (C=O) groups excluding carboxylic acids is 2.